The molecule has 3 nitrogen and oxygen atoms in total. The average molecular weight is 361 g/mol. The van der Waals surface area contributed by atoms with E-state index in [1.165, 1.54) is 42.2 Å². The van der Waals surface area contributed by atoms with Crippen LogP contribution in [-0.2, 0) is 15.6 Å². The number of carbonyl (C=O) groups is 1. The van der Waals surface area contributed by atoms with Gasteiger partial charge in [-0.1, -0.05) is 52.0 Å². The summed E-state index contributed by atoms with van der Waals surface area (Å²) in [5.41, 5.74) is 7.23. The van der Waals surface area contributed by atoms with E-state index in [1.807, 2.05) is 24.4 Å². The summed E-state index contributed by atoms with van der Waals surface area (Å²) in [4.78, 5) is 15.1. The maximum Gasteiger partial charge on any atom is 0.337 e. The third-order valence-corrected chi connectivity index (χ3v) is 6.27. The molecule has 0 unspecified atom stereocenters. The Morgan fingerprint density at radius 3 is 2.37 bits per heavy atom. The molecule has 4 rings (SSSR count). The van der Waals surface area contributed by atoms with Crippen LogP contribution in [0.3, 0.4) is 0 Å². The van der Waals surface area contributed by atoms with Gasteiger partial charge in [0, 0.05) is 22.7 Å². The highest BCUT2D eigenvalue weighted by atomic mass is 16.5. The first-order chi connectivity index (χ1) is 12.7. The highest BCUT2D eigenvalue weighted by Crippen LogP contribution is 2.47. The van der Waals surface area contributed by atoms with Gasteiger partial charge in [0.1, 0.15) is 0 Å². The number of fused-ring (bicyclic) bond motifs is 2. The maximum absolute atomic E-state index is 11.8. The van der Waals surface area contributed by atoms with Crippen molar-refractivity contribution in [1.82, 2.24) is 4.98 Å². The van der Waals surface area contributed by atoms with Crippen LogP contribution in [0.25, 0.3) is 22.0 Å². The minimum absolute atomic E-state index is 0.186. The Bertz CT molecular complexity index is 1040. The van der Waals surface area contributed by atoms with Gasteiger partial charge in [-0.05, 0) is 52.5 Å². The smallest absolute Gasteiger partial charge is 0.337 e. The van der Waals surface area contributed by atoms with Gasteiger partial charge in [-0.25, -0.2) is 4.79 Å². The van der Waals surface area contributed by atoms with Crippen LogP contribution in [0.15, 0.2) is 42.6 Å². The monoisotopic (exact) mass is 361 g/mol. The summed E-state index contributed by atoms with van der Waals surface area (Å²) in [6.45, 7) is 9.40. The zero-order valence-corrected chi connectivity index (χ0v) is 16.8. The Hall–Kier alpha value is -2.55. The van der Waals surface area contributed by atoms with Gasteiger partial charge >= 0.3 is 5.97 Å². The number of nitrogens with one attached hydrogen (secondary N) is 1. The van der Waals surface area contributed by atoms with Gasteiger partial charge in [0.15, 0.2) is 0 Å². The summed E-state index contributed by atoms with van der Waals surface area (Å²) >= 11 is 0. The zero-order chi connectivity index (χ0) is 19.4. The van der Waals surface area contributed by atoms with Crippen LogP contribution >= 0.6 is 0 Å². The molecule has 2 aromatic carbocycles. The van der Waals surface area contributed by atoms with Gasteiger partial charge in [0.2, 0.25) is 0 Å². The molecule has 0 amide bonds. The molecule has 0 saturated heterocycles. The van der Waals surface area contributed by atoms with E-state index in [0.29, 0.717) is 5.56 Å². The summed E-state index contributed by atoms with van der Waals surface area (Å²) in [5, 5.41) is 1.12. The van der Waals surface area contributed by atoms with Crippen molar-refractivity contribution in [3.63, 3.8) is 0 Å². The summed E-state index contributed by atoms with van der Waals surface area (Å²) in [6.07, 6.45) is 4.46. The number of aromatic amines is 1. The molecule has 140 valence electrons. The lowest BCUT2D eigenvalue weighted by Crippen LogP contribution is -2.33. The van der Waals surface area contributed by atoms with Crippen LogP contribution < -0.4 is 0 Å². The Balaban J connectivity index is 1.84. The lowest BCUT2D eigenvalue weighted by atomic mass is 9.63. The standard InChI is InChI=1S/C24H27NO2/c1-23(2)10-11-24(3,4)20-12-15(7-9-19(20)23)18-14-25-21-13-16(22(26)27-5)6-8-17(18)21/h6-9,12-14,25H,10-11H2,1-5H3. The fourth-order valence-corrected chi connectivity index (χ4v) is 4.37. The van der Waals surface area contributed by atoms with Crippen molar-refractivity contribution in [2.24, 2.45) is 0 Å². The average Bonchev–Trinajstić information content (AvgIpc) is 3.08. The second-order valence-electron chi connectivity index (χ2n) is 8.98. The minimum atomic E-state index is -0.314. The molecular weight excluding hydrogens is 334 g/mol. The number of hydrogen-bond donors (Lipinski definition) is 1. The van der Waals surface area contributed by atoms with Crippen molar-refractivity contribution in [1.29, 1.82) is 0 Å². The number of methoxy groups -OCH3 is 1. The van der Waals surface area contributed by atoms with E-state index in [2.05, 4.69) is 50.9 Å². The molecule has 0 aliphatic heterocycles. The van der Waals surface area contributed by atoms with Gasteiger partial charge in [0.05, 0.1) is 12.7 Å². The minimum Gasteiger partial charge on any atom is -0.465 e. The topological polar surface area (TPSA) is 42.1 Å². The van der Waals surface area contributed by atoms with Crippen LogP contribution in [0, 0.1) is 0 Å². The summed E-state index contributed by atoms with van der Waals surface area (Å²) in [5.74, 6) is -0.314. The van der Waals surface area contributed by atoms with Gasteiger partial charge < -0.3 is 9.72 Å². The molecule has 0 radical (unpaired) electrons. The molecule has 0 fully saturated rings. The first kappa shape index (κ1) is 17.8. The lowest BCUT2D eigenvalue weighted by Gasteiger charge is -2.42. The van der Waals surface area contributed by atoms with Crippen LogP contribution in [0.1, 0.15) is 62.0 Å². The third kappa shape index (κ3) is 2.86. The van der Waals surface area contributed by atoms with E-state index < -0.39 is 0 Å². The number of ether oxygens (including phenoxy) is 1. The van der Waals surface area contributed by atoms with E-state index in [4.69, 9.17) is 4.74 Å². The van der Waals surface area contributed by atoms with E-state index in [-0.39, 0.29) is 16.8 Å². The second-order valence-corrected chi connectivity index (χ2v) is 8.98. The van der Waals surface area contributed by atoms with Crippen LogP contribution in [0.5, 0.6) is 0 Å². The third-order valence-electron chi connectivity index (χ3n) is 6.27. The van der Waals surface area contributed by atoms with E-state index in [1.54, 1.807) is 0 Å². The van der Waals surface area contributed by atoms with Crippen molar-refractivity contribution < 1.29 is 9.53 Å². The molecule has 0 spiro atoms. The largest absolute Gasteiger partial charge is 0.465 e. The van der Waals surface area contributed by atoms with Crippen molar-refractivity contribution >= 4 is 16.9 Å². The lowest BCUT2D eigenvalue weighted by molar-refractivity contribution is 0.0601. The van der Waals surface area contributed by atoms with Crippen molar-refractivity contribution in [2.45, 2.75) is 51.4 Å². The molecular formula is C24H27NO2. The van der Waals surface area contributed by atoms with Crippen molar-refractivity contribution in [3.8, 4) is 11.1 Å². The Morgan fingerprint density at radius 2 is 1.67 bits per heavy atom. The Morgan fingerprint density at radius 1 is 0.963 bits per heavy atom. The predicted octanol–water partition coefficient (Wildman–Crippen LogP) is 5.97. The van der Waals surface area contributed by atoms with Crippen molar-refractivity contribution in [3.05, 3.63) is 59.3 Å². The number of benzene rings is 2. The molecule has 1 aliphatic rings. The number of H-pyrrole nitrogens is 1. The Labute approximate surface area is 160 Å². The van der Waals surface area contributed by atoms with Gasteiger partial charge in [0.25, 0.3) is 0 Å². The fraction of sp³-hybridized carbons (Fsp3) is 0.375. The molecule has 3 heteroatoms. The molecule has 1 aliphatic carbocycles. The number of esters is 1. The van der Waals surface area contributed by atoms with Crippen LogP contribution in [0.2, 0.25) is 0 Å². The molecule has 1 heterocycles. The predicted molar refractivity (Wildman–Crippen MR) is 110 cm³/mol. The van der Waals surface area contributed by atoms with Crippen molar-refractivity contribution in [2.75, 3.05) is 7.11 Å². The number of aromatic nitrogens is 1. The fourth-order valence-electron chi connectivity index (χ4n) is 4.37. The molecule has 1 aromatic heterocycles. The highest BCUT2D eigenvalue weighted by Gasteiger charge is 2.37. The second kappa shape index (κ2) is 5.98. The first-order valence-electron chi connectivity index (χ1n) is 9.58. The Kier molecular flexibility index (Phi) is 3.95. The number of carbonyl (C=O) groups excluding carboxylic acids is 1. The quantitative estimate of drug-likeness (QED) is 0.571. The number of rotatable bonds is 2. The maximum atomic E-state index is 11.8. The van der Waals surface area contributed by atoms with Crippen LogP contribution in [-0.4, -0.2) is 18.1 Å². The van der Waals surface area contributed by atoms with Gasteiger partial charge in [-0.15, -0.1) is 0 Å². The van der Waals surface area contributed by atoms with E-state index in [0.717, 1.165) is 10.9 Å². The summed E-state index contributed by atoms with van der Waals surface area (Å²) in [7, 11) is 1.41. The van der Waals surface area contributed by atoms with Gasteiger partial charge in [-0.3, -0.25) is 0 Å². The normalized spacial score (nSPS) is 17.5. The SMILES string of the molecule is COC(=O)c1ccc2c(-c3ccc4c(c3)C(C)(C)CCC4(C)C)c[nH]c2c1. The summed E-state index contributed by atoms with van der Waals surface area (Å²) < 4.78 is 4.83. The molecule has 0 bridgehead atoms. The first-order valence-corrected chi connectivity index (χ1v) is 9.58. The molecule has 0 saturated carbocycles. The number of hydrogen-bond acceptors (Lipinski definition) is 2. The van der Waals surface area contributed by atoms with E-state index >= 15 is 0 Å². The molecule has 0 atom stereocenters. The highest BCUT2D eigenvalue weighted by molar-refractivity contribution is 6.00. The molecule has 3 aromatic rings. The molecule has 1 N–H and O–H groups in total. The summed E-state index contributed by atoms with van der Waals surface area (Å²) in [6, 6.07) is 12.6. The van der Waals surface area contributed by atoms with Crippen LogP contribution in [0.4, 0.5) is 0 Å². The van der Waals surface area contributed by atoms with Gasteiger partial charge in [-0.2, -0.15) is 0 Å². The zero-order valence-electron chi connectivity index (χ0n) is 16.8. The molecule has 27 heavy (non-hydrogen) atoms. The van der Waals surface area contributed by atoms with E-state index in [9.17, 15) is 4.79 Å².